The third-order valence-corrected chi connectivity index (χ3v) is 3.06. The van der Waals surface area contributed by atoms with E-state index in [1.54, 1.807) is 18.2 Å². The van der Waals surface area contributed by atoms with Gasteiger partial charge in [0.25, 0.3) is 0 Å². The fourth-order valence-electron chi connectivity index (χ4n) is 1.99. The minimum atomic E-state index is -0.221. The smallest absolute Gasteiger partial charge is 0.177 e. The molecule has 0 aliphatic carbocycles. The van der Waals surface area contributed by atoms with E-state index in [0.717, 1.165) is 5.39 Å². The molecular weight excluding hydrogens is 290 g/mol. The molecule has 0 aromatic heterocycles. The fourth-order valence-corrected chi connectivity index (χ4v) is 1.99. The number of carbonyl (C=O) groups excluding carboxylic acids is 1. The highest BCUT2D eigenvalue weighted by Gasteiger charge is 2.15. The number of nitrogens with one attached hydrogen (secondary N) is 1. The summed E-state index contributed by atoms with van der Waals surface area (Å²) >= 11 is 0. The molecule has 2 rings (SSSR count). The van der Waals surface area contributed by atoms with Gasteiger partial charge in [0.1, 0.15) is 0 Å². The summed E-state index contributed by atoms with van der Waals surface area (Å²) in [6, 6.07) is 8.17. The van der Waals surface area contributed by atoms with Gasteiger partial charge in [-0.15, -0.1) is 12.4 Å². The number of phenolic OH excluding ortho intramolecular Hbond substituents is 2. The summed E-state index contributed by atoms with van der Waals surface area (Å²) in [5, 5.41) is 23.6. The Morgan fingerprint density at radius 3 is 2.38 bits per heavy atom. The number of ketones is 1. The molecule has 0 fully saturated rings. The zero-order valence-electron chi connectivity index (χ0n) is 12.3. The van der Waals surface area contributed by atoms with Gasteiger partial charge in [0.05, 0.1) is 6.54 Å². The minimum absolute atomic E-state index is 0. The van der Waals surface area contributed by atoms with Crippen LogP contribution < -0.4 is 5.32 Å². The Balaban J connectivity index is 0.00000220. The zero-order chi connectivity index (χ0) is 14.9. The van der Waals surface area contributed by atoms with Gasteiger partial charge in [-0.3, -0.25) is 4.79 Å². The van der Waals surface area contributed by atoms with Gasteiger partial charge in [0.2, 0.25) is 0 Å². The Bertz CT molecular complexity index is 662. The summed E-state index contributed by atoms with van der Waals surface area (Å²) in [6.07, 6.45) is 0. The Kier molecular flexibility index (Phi) is 5.20. The van der Waals surface area contributed by atoms with Gasteiger partial charge in [-0.1, -0.05) is 18.2 Å². The molecule has 114 valence electrons. The molecule has 21 heavy (non-hydrogen) atoms. The molecule has 0 aliphatic rings. The maximum atomic E-state index is 12.3. The quantitative estimate of drug-likeness (QED) is 0.601. The number of halogens is 1. The number of fused-ring (bicyclic) bond motifs is 1. The SMILES string of the molecule is CC(C)(C)NCC(=O)c1cccc2cc(O)c(O)cc12.Cl. The van der Waals surface area contributed by atoms with Crippen molar-refractivity contribution in [3.8, 4) is 11.5 Å². The molecule has 3 N–H and O–H groups in total. The van der Waals surface area contributed by atoms with Crippen LogP contribution in [0.15, 0.2) is 30.3 Å². The molecule has 2 aromatic rings. The van der Waals surface area contributed by atoms with Gasteiger partial charge in [-0.2, -0.15) is 0 Å². The van der Waals surface area contributed by atoms with E-state index in [1.165, 1.54) is 12.1 Å². The number of benzene rings is 2. The van der Waals surface area contributed by atoms with Crippen molar-refractivity contribution in [1.82, 2.24) is 5.32 Å². The van der Waals surface area contributed by atoms with Crippen molar-refractivity contribution in [3.63, 3.8) is 0 Å². The van der Waals surface area contributed by atoms with Crippen molar-refractivity contribution in [2.75, 3.05) is 6.54 Å². The number of rotatable bonds is 3. The van der Waals surface area contributed by atoms with Gasteiger partial charge in [0, 0.05) is 11.1 Å². The third-order valence-electron chi connectivity index (χ3n) is 3.06. The maximum Gasteiger partial charge on any atom is 0.177 e. The highest BCUT2D eigenvalue weighted by atomic mass is 35.5. The number of Topliss-reactive ketones (excluding diaryl/α,β-unsaturated/α-hetero) is 1. The zero-order valence-corrected chi connectivity index (χ0v) is 13.1. The van der Waals surface area contributed by atoms with Crippen molar-refractivity contribution >= 4 is 29.0 Å². The Morgan fingerprint density at radius 1 is 1.14 bits per heavy atom. The summed E-state index contributed by atoms with van der Waals surface area (Å²) in [5.74, 6) is -0.452. The lowest BCUT2D eigenvalue weighted by Gasteiger charge is -2.20. The predicted octanol–water partition coefficient (Wildman–Crippen LogP) is 3.24. The van der Waals surface area contributed by atoms with Crippen LogP contribution >= 0.6 is 12.4 Å². The van der Waals surface area contributed by atoms with E-state index in [9.17, 15) is 15.0 Å². The first kappa shape index (κ1) is 17.3. The highest BCUT2D eigenvalue weighted by molar-refractivity contribution is 6.09. The van der Waals surface area contributed by atoms with E-state index in [1.807, 2.05) is 20.8 Å². The molecule has 0 radical (unpaired) electrons. The van der Waals surface area contributed by atoms with E-state index in [-0.39, 0.29) is 41.8 Å². The van der Waals surface area contributed by atoms with Crippen LogP contribution in [0.5, 0.6) is 11.5 Å². The average Bonchev–Trinajstić information content (AvgIpc) is 2.36. The summed E-state index contributed by atoms with van der Waals surface area (Å²) in [6.45, 7) is 6.21. The first-order chi connectivity index (χ1) is 9.28. The maximum absolute atomic E-state index is 12.3. The van der Waals surface area contributed by atoms with E-state index >= 15 is 0 Å². The number of aromatic hydroxyl groups is 2. The van der Waals surface area contributed by atoms with E-state index in [2.05, 4.69) is 5.32 Å². The first-order valence-electron chi connectivity index (χ1n) is 6.51. The van der Waals surface area contributed by atoms with Crippen LogP contribution in [0.3, 0.4) is 0 Å². The lowest BCUT2D eigenvalue weighted by Crippen LogP contribution is -2.39. The molecule has 0 aliphatic heterocycles. The molecule has 4 nitrogen and oxygen atoms in total. The van der Waals surface area contributed by atoms with Crippen LogP contribution in [0.2, 0.25) is 0 Å². The Hall–Kier alpha value is -1.78. The number of phenols is 2. The number of hydrogen-bond acceptors (Lipinski definition) is 4. The predicted molar refractivity (Wildman–Crippen MR) is 86.6 cm³/mol. The average molecular weight is 310 g/mol. The molecule has 0 spiro atoms. The van der Waals surface area contributed by atoms with Crippen molar-refractivity contribution in [3.05, 3.63) is 35.9 Å². The van der Waals surface area contributed by atoms with E-state index in [4.69, 9.17) is 0 Å². The molecule has 0 bridgehead atoms. The second-order valence-corrected chi connectivity index (χ2v) is 5.89. The second-order valence-electron chi connectivity index (χ2n) is 5.89. The summed E-state index contributed by atoms with van der Waals surface area (Å²) in [4.78, 5) is 12.3. The largest absolute Gasteiger partial charge is 0.504 e. The first-order valence-corrected chi connectivity index (χ1v) is 6.51. The fraction of sp³-hybridized carbons (Fsp3) is 0.312. The van der Waals surface area contributed by atoms with Gasteiger partial charge in [-0.05, 0) is 43.7 Å². The van der Waals surface area contributed by atoms with Crippen LogP contribution in [0.25, 0.3) is 10.8 Å². The van der Waals surface area contributed by atoms with Crippen molar-refractivity contribution in [2.45, 2.75) is 26.3 Å². The van der Waals surface area contributed by atoms with Crippen LogP contribution in [-0.2, 0) is 0 Å². The van der Waals surface area contributed by atoms with Gasteiger partial charge in [0.15, 0.2) is 17.3 Å². The Labute approximate surface area is 130 Å². The molecule has 0 atom stereocenters. The second kappa shape index (κ2) is 6.33. The summed E-state index contributed by atoms with van der Waals surface area (Å²) in [7, 11) is 0. The molecule has 0 saturated heterocycles. The molecule has 0 heterocycles. The monoisotopic (exact) mass is 309 g/mol. The standard InChI is InChI=1S/C16H19NO3.ClH/c1-16(2,3)17-9-15(20)11-6-4-5-10-7-13(18)14(19)8-12(10)11;/h4-8,17-19H,9H2,1-3H3;1H. The van der Waals surface area contributed by atoms with Crippen LogP contribution in [0.1, 0.15) is 31.1 Å². The number of hydrogen-bond donors (Lipinski definition) is 3. The third kappa shape index (κ3) is 4.09. The summed E-state index contributed by atoms with van der Waals surface area (Å²) < 4.78 is 0. The van der Waals surface area contributed by atoms with E-state index in [0.29, 0.717) is 10.9 Å². The number of carbonyl (C=O) groups is 1. The van der Waals surface area contributed by atoms with Crippen molar-refractivity contribution in [1.29, 1.82) is 0 Å². The molecule has 0 unspecified atom stereocenters. The summed E-state index contributed by atoms with van der Waals surface area (Å²) in [5.41, 5.74) is 0.398. The van der Waals surface area contributed by atoms with Gasteiger partial charge in [-0.25, -0.2) is 0 Å². The molecular formula is C16H20ClNO3. The Morgan fingerprint density at radius 2 is 1.76 bits per heavy atom. The van der Waals surface area contributed by atoms with Crippen LogP contribution in [0.4, 0.5) is 0 Å². The lowest BCUT2D eigenvalue weighted by atomic mass is 10.00. The highest BCUT2D eigenvalue weighted by Crippen LogP contribution is 2.31. The molecule has 2 aromatic carbocycles. The molecule has 5 heteroatoms. The minimum Gasteiger partial charge on any atom is -0.504 e. The van der Waals surface area contributed by atoms with Crippen LogP contribution in [-0.4, -0.2) is 28.1 Å². The normalized spacial score (nSPS) is 11.2. The molecule has 0 amide bonds. The van der Waals surface area contributed by atoms with Crippen molar-refractivity contribution in [2.24, 2.45) is 0 Å². The van der Waals surface area contributed by atoms with Crippen molar-refractivity contribution < 1.29 is 15.0 Å². The van der Waals surface area contributed by atoms with Crippen LogP contribution in [0, 0.1) is 0 Å². The molecule has 0 saturated carbocycles. The van der Waals surface area contributed by atoms with E-state index < -0.39 is 0 Å². The van der Waals surface area contributed by atoms with Gasteiger partial charge >= 0.3 is 0 Å². The topological polar surface area (TPSA) is 69.6 Å². The lowest BCUT2D eigenvalue weighted by molar-refractivity contribution is 0.0983. The van der Waals surface area contributed by atoms with Gasteiger partial charge < -0.3 is 15.5 Å².